The molecule has 0 spiro atoms. The Morgan fingerprint density at radius 1 is 1.22 bits per heavy atom. The van der Waals surface area contributed by atoms with E-state index in [1.807, 2.05) is 46.8 Å². The van der Waals surface area contributed by atoms with Gasteiger partial charge in [0.15, 0.2) is 0 Å². The fourth-order valence-corrected chi connectivity index (χ4v) is 3.35. The average Bonchev–Trinajstić information content (AvgIpc) is 2.35. The Morgan fingerprint density at radius 2 is 1.83 bits per heavy atom. The fraction of sp³-hybridized carbons (Fsp3) is 0.588. The third-order valence-electron chi connectivity index (χ3n) is 3.52. The van der Waals surface area contributed by atoms with E-state index in [0.29, 0.717) is 25.1 Å². The molecule has 0 radical (unpaired) electrons. The second-order valence-electron chi connectivity index (χ2n) is 6.96. The summed E-state index contributed by atoms with van der Waals surface area (Å²) in [6, 6.07) is 5.61. The minimum Gasteiger partial charge on any atom is -0.352 e. The first-order valence-corrected chi connectivity index (χ1v) is 9.61. The Hall–Kier alpha value is -1.56. The van der Waals surface area contributed by atoms with Gasteiger partial charge in [0.1, 0.15) is 0 Å². The molecule has 130 valence electrons. The number of aryl methyl sites for hydroxylation is 1. The lowest BCUT2D eigenvalue weighted by molar-refractivity contribution is -0.122. The van der Waals surface area contributed by atoms with E-state index in [9.17, 15) is 13.2 Å². The van der Waals surface area contributed by atoms with Gasteiger partial charge in [0, 0.05) is 18.5 Å². The normalized spacial score (nSPS) is 12.1. The van der Waals surface area contributed by atoms with E-state index < -0.39 is 10.0 Å². The van der Waals surface area contributed by atoms with Crippen molar-refractivity contribution in [3.05, 3.63) is 29.3 Å². The molecule has 5 nitrogen and oxygen atoms in total. The fourth-order valence-electron chi connectivity index (χ4n) is 2.33. The number of nitrogens with one attached hydrogen (secondary N) is 1. The van der Waals surface area contributed by atoms with Gasteiger partial charge < -0.3 is 5.32 Å². The van der Waals surface area contributed by atoms with Gasteiger partial charge in [0.05, 0.1) is 11.9 Å². The second-order valence-corrected chi connectivity index (χ2v) is 8.86. The number of carbonyl (C=O) groups excluding carboxylic acids is 1. The molecule has 1 aromatic carbocycles. The highest BCUT2D eigenvalue weighted by Crippen LogP contribution is 2.25. The predicted octanol–water partition coefficient (Wildman–Crippen LogP) is 2.76. The van der Waals surface area contributed by atoms with Crippen LogP contribution in [0.15, 0.2) is 18.2 Å². The van der Waals surface area contributed by atoms with E-state index in [1.54, 1.807) is 6.07 Å². The van der Waals surface area contributed by atoms with Crippen molar-refractivity contribution >= 4 is 21.6 Å². The maximum absolute atomic E-state index is 12.1. The van der Waals surface area contributed by atoms with Crippen LogP contribution in [0.25, 0.3) is 0 Å². The van der Waals surface area contributed by atoms with Crippen molar-refractivity contribution in [1.82, 2.24) is 5.32 Å². The molecule has 0 bridgehead atoms. The molecule has 1 amide bonds. The molecule has 1 N–H and O–H groups in total. The van der Waals surface area contributed by atoms with Gasteiger partial charge in [-0.05, 0) is 58.2 Å². The molecular weight excluding hydrogens is 312 g/mol. The van der Waals surface area contributed by atoms with Crippen LogP contribution in [-0.2, 0) is 14.8 Å². The zero-order valence-electron chi connectivity index (χ0n) is 14.9. The monoisotopic (exact) mass is 340 g/mol. The van der Waals surface area contributed by atoms with Gasteiger partial charge in [0.2, 0.25) is 15.9 Å². The van der Waals surface area contributed by atoms with Crippen molar-refractivity contribution in [3.8, 4) is 0 Å². The summed E-state index contributed by atoms with van der Waals surface area (Å²) >= 11 is 0. The highest BCUT2D eigenvalue weighted by atomic mass is 32.2. The van der Waals surface area contributed by atoms with E-state index >= 15 is 0 Å². The zero-order valence-corrected chi connectivity index (χ0v) is 15.8. The van der Waals surface area contributed by atoms with Gasteiger partial charge in [-0.1, -0.05) is 12.1 Å². The standard InChI is InChI=1S/C17H28N2O3S/c1-13-9-7-10-15(14(13)2)19(23(6,21)22)12-8-11-16(20)18-17(3,4)5/h7,9-10H,8,11-12H2,1-6H3,(H,18,20). The zero-order chi connectivity index (χ0) is 17.8. The van der Waals surface area contributed by atoms with Crippen LogP contribution in [0.5, 0.6) is 0 Å². The highest BCUT2D eigenvalue weighted by molar-refractivity contribution is 7.92. The first-order chi connectivity index (χ1) is 10.4. The van der Waals surface area contributed by atoms with Gasteiger partial charge >= 0.3 is 0 Å². The predicted molar refractivity (Wildman–Crippen MR) is 95.2 cm³/mol. The Balaban J connectivity index is 2.83. The number of sulfonamides is 1. The van der Waals surface area contributed by atoms with Crippen LogP contribution < -0.4 is 9.62 Å². The van der Waals surface area contributed by atoms with Gasteiger partial charge in [-0.15, -0.1) is 0 Å². The molecule has 0 unspecified atom stereocenters. The third kappa shape index (κ3) is 6.22. The number of amides is 1. The van der Waals surface area contributed by atoms with Gasteiger partial charge in [-0.3, -0.25) is 9.10 Å². The van der Waals surface area contributed by atoms with Crippen LogP contribution in [0.1, 0.15) is 44.7 Å². The van der Waals surface area contributed by atoms with E-state index in [4.69, 9.17) is 0 Å². The summed E-state index contributed by atoms with van der Waals surface area (Å²) in [6.07, 6.45) is 1.97. The van der Waals surface area contributed by atoms with Crippen LogP contribution in [0.4, 0.5) is 5.69 Å². The SMILES string of the molecule is Cc1cccc(N(CCCC(=O)NC(C)(C)C)S(C)(=O)=O)c1C. The van der Waals surface area contributed by atoms with Crippen LogP contribution in [0, 0.1) is 13.8 Å². The molecular formula is C17H28N2O3S. The third-order valence-corrected chi connectivity index (χ3v) is 4.70. The summed E-state index contributed by atoms with van der Waals surface area (Å²) in [7, 11) is -3.39. The van der Waals surface area contributed by atoms with Crippen LogP contribution in [0.3, 0.4) is 0 Å². The van der Waals surface area contributed by atoms with E-state index in [2.05, 4.69) is 5.32 Å². The molecule has 6 heteroatoms. The molecule has 0 fully saturated rings. The molecule has 0 saturated heterocycles. The summed E-state index contributed by atoms with van der Waals surface area (Å²) in [5.74, 6) is -0.0630. The lowest BCUT2D eigenvalue weighted by Gasteiger charge is -2.25. The quantitative estimate of drug-likeness (QED) is 0.866. The Morgan fingerprint density at radius 3 is 2.35 bits per heavy atom. The molecule has 0 aromatic heterocycles. The molecule has 0 atom stereocenters. The van der Waals surface area contributed by atoms with Crippen molar-refractivity contribution in [2.24, 2.45) is 0 Å². The summed E-state index contributed by atoms with van der Waals surface area (Å²) in [6.45, 7) is 9.92. The molecule has 1 aromatic rings. The first kappa shape index (κ1) is 19.5. The van der Waals surface area contributed by atoms with Crippen LogP contribution in [0.2, 0.25) is 0 Å². The Bertz CT molecular complexity index is 661. The van der Waals surface area contributed by atoms with Crippen molar-refractivity contribution in [3.63, 3.8) is 0 Å². The Labute approximate surface area is 140 Å². The minimum atomic E-state index is -3.39. The number of rotatable bonds is 6. The molecule has 0 aliphatic carbocycles. The van der Waals surface area contributed by atoms with E-state index in [-0.39, 0.29) is 11.4 Å². The van der Waals surface area contributed by atoms with Crippen LogP contribution in [-0.4, -0.2) is 32.7 Å². The van der Waals surface area contributed by atoms with E-state index in [0.717, 1.165) is 11.1 Å². The summed E-state index contributed by atoms with van der Waals surface area (Å²) in [5.41, 5.74) is 2.39. The number of hydrogen-bond donors (Lipinski definition) is 1. The van der Waals surface area contributed by atoms with Crippen molar-refractivity contribution in [2.75, 3.05) is 17.1 Å². The van der Waals surface area contributed by atoms with Crippen LogP contribution >= 0.6 is 0 Å². The Kier molecular flexibility index (Phi) is 6.22. The first-order valence-electron chi connectivity index (χ1n) is 7.77. The number of nitrogens with zero attached hydrogens (tertiary/aromatic N) is 1. The maximum atomic E-state index is 12.1. The molecule has 0 saturated carbocycles. The van der Waals surface area contributed by atoms with Crippen molar-refractivity contribution in [1.29, 1.82) is 0 Å². The molecule has 1 rings (SSSR count). The summed E-state index contributed by atoms with van der Waals surface area (Å²) in [4.78, 5) is 11.9. The van der Waals surface area contributed by atoms with Crippen molar-refractivity contribution in [2.45, 2.75) is 53.0 Å². The summed E-state index contributed by atoms with van der Waals surface area (Å²) < 4.78 is 25.6. The highest BCUT2D eigenvalue weighted by Gasteiger charge is 2.20. The smallest absolute Gasteiger partial charge is 0.232 e. The van der Waals surface area contributed by atoms with Gasteiger partial charge in [-0.25, -0.2) is 8.42 Å². The number of carbonyl (C=O) groups is 1. The molecule has 0 aliphatic heterocycles. The lowest BCUT2D eigenvalue weighted by atomic mass is 10.1. The average molecular weight is 340 g/mol. The topological polar surface area (TPSA) is 66.5 Å². The number of hydrogen-bond acceptors (Lipinski definition) is 3. The largest absolute Gasteiger partial charge is 0.352 e. The van der Waals surface area contributed by atoms with Gasteiger partial charge in [-0.2, -0.15) is 0 Å². The number of anilines is 1. The number of benzene rings is 1. The maximum Gasteiger partial charge on any atom is 0.232 e. The summed E-state index contributed by atoms with van der Waals surface area (Å²) in [5, 5.41) is 2.88. The van der Waals surface area contributed by atoms with Gasteiger partial charge in [0.25, 0.3) is 0 Å². The van der Waals surface area contributed by atoms with Crippen molar-refractivity contribution < 1.29 is 13.2 Å². The lowest BCUT2D eigenvalue weighted by Crippen LogP contribution is -2.41. The molecule has 23 heavy (non-hydrogen) atoms. The minimum absolute atomic E-state index is 0.0630. The van der Waals surface area contributed by atoms with E-state index in [1.165, 1.54) is 10.6 Å². The second kappa shape index (κ2) is 7.34. The molecule has 0 aliphatic rings. The molecule has 0 heterocycles.